The molecule has 0 N–H and O–H groups in total. The summed E-state index contributed by atoms with van der Waals surface area (Å²) in [4.78, 5) is 14.6. The quantitative estimate of drug-likeness (QED) is 0.662. The lowest BCUT2D eigenvalue weighted by atomic mass is 10.5. The second-order valence-corrected chi connectivity index (χ2v) is 2.53. The van der Waals surface area contributed by atoms with Crippen LogP contribution in [0.3, 0.4) is 0 Å². The summed E-state index contributed by atoms with van der Waals surface area (Å²) in [5, 5.41) is 0.347. The second kappa shape index (κ2) is 4.07. The highest BCUT2D eigenvalue weighted by Crippen LogP contribution is 2.19. The van der Waals surface area contributed by atoms with Crippen molar-refractivity contribution < 1.29 is 9.53 Å². The molecule has 1 rings (SSSR count). The van der Waals surface area contributed by atoms with Gasteiger partial charge in [0.05, 0.1) is 0 Å². The van der Waals surface area contributed by atoms with Crippen molar-refractivity contribution in [1.29, 1.82) is 0 Å². The molecule has 0 aliphatic heterocycles. The average molecular weight is 186 g/mol. The van der Waals surface area contributed by atoms with Gasteiger partial charge in [0.2, 0.25) is 5.88 Å². The number of carbonyl (C=O) groups excluding carboxylic acids is 1. The Labute approximate surface area is 75.3 Å². The summed E-state index contributed by atoms with van der Waals surface area (Å²) >= 11 is 5.69. The third-order valence-corrected chi connectivity index (χ3v) is 1.51. The van der Waals surface area contributed by atoms with E-state index in [4.69, 9.17) is 16.3 Å². The standard InChI is InChI=1S/C8H8ClNO2/c1-2-7(11)12-8-6(9)4-3-5-10-8/h3-5H,2H2,1H3. The largest absolute Gasteiger partial charge is 0.406 e. The number of hydrogen-bond donors (Lipinski definition) is 0. The van der Waals surface area contributed by atoms with Gasteiger partial charge < -0.3 is 4.74 Å². The van der Waals surface area contributed by atoms with E-state index in [1.165, 1.54) is 6.20 Å². The summed E-state index contributed by atoms with van der Waals surface area (Å²) in [6.07, 6.45) is 1.83. The van der Waals surface area contributed by atoms with Crippen molar-refractivity contribution in [2.24, 2.45) is 0 Å². The van der Waals surface area contributed by atoms with Gasteiger partial charge in [0.25, 0.3) is 0 Å². The van der Waals surface area contributed by atoms with Gasteiger partial charge >= 0.3 is 5.97 Å². The number of nitrogens with zero attached hydrogens (tertiary/aromatic N) is 1. The fourth-order valence-corrected chi connectivity index (χ4v) is 0.786. The third kappa shape index (κ3) is 2.20. The number of halogens is 1. The highest BCUT2D eigenvalue weighted by atomic mass is 35.5. The van der Waals surface area contributed by atoms with Crippen LogP contribution in [0.4, 0.5) is 0 Å². The van der Waals surface area contributed by atoms with Crippen LogP contribution in [0.1, 0.15) is 13.3 Å². The van der Waals surface area contributed by atoms with E-state index in [0.29, 0.717) is 11.4 Å². The zero-order valence-corrected chi connectivity index (χ0v) is 7.34. The first kappa shape index (κ1) is 9.00. The molecule has 1 heterocycles. The smallest absolute Gasteiger partial charge is 0.312 e. The average Bonchev–Trinajstić information content (AvgIpc) is 2.09. The predicted molar refractivity (Wildman–Crippen MR) is 45.2 cm³/mol. The Morgan fingerprint density at radius 2 is 2.50 bits per heavy atom. The number of hydrogen-bond acceptors (Lipinski definition) is 3. The van der Waals surface area contributed by atoms with Crippen LogP contribution in [-0.4, -0.2) is 11.0 Å². The molecule has 0 bridgehead atoms. The summed E-state index contributed by atoms with van der Waals surface area (Å²) < 4.78 is 4.81. The molecule has 0 saturated carbocycles. The minimum absolute atomic E-state index is 0.172. The fraction of sp³-hybridized carbons (Fsp3) is 0.250. The molecule has 0 aromatic carbocycles. The Morgan fingerprint density at radius 3 is 3.08 bits per heavy atom. The zero-order chi connectivity index (χ0) is 8.97. The van der Waals surface area contributed by atoms with Crippen molar-refractivity contribution in [3.63, 3.8) is 0 Å². The molecule has 0 saturated heterocycles. The minimum Gasteiger partial charge on any atom is -0.406 e. The summed E-state index contributed by atoms with van der Waals surface area (Å²) in [5.74, 6) is -0.165. The summed E-state index contributed by atoms with van der Waals surface area (Å²) in [6, 6.07) is 3.29. The van der Waals surface area contributed by atoms with Crippen molar-refractivity contribution in [2.45, 2.75) is 13.3 Å². The van der Waals surface area contributed by atoms with Crippen molar-refractivity contribution in [1.82, 2.24) is 4.98 Å². The van der Waals surface area contributed by atoms with E-state index in [2.05, 4.69) is 4.98 Å². The SMILES string of the molecule is CCC(=O)Oc1ncccc1Cl. The number of pyridine rings is 1. The van der Waals surface area contributed by atoms with Gasteiger partial charge in [-0.15, -0.1) is 0 Å². The van der Waals surface area contributed by atoms with Gasteiger partial charge in [-0.1, -0.05) is 18.5 Å². The monoisotopic (exact) mass is 185 g/mol. The van der Waals surface area contributed by atoms with E-state index in [9.17, 15) is 4.79 Å². The van der Waals surface area contributed by atoms with Crippen LogP contribution in [0.5, 0.6) is 5.88 Å². The Kier molecular flexibility index (Phi) is 3.05. The number of ether oxygens (including phenoxy) is 1. The summed E-state index contributed by atoms with van der Waals surface area (Å²) in [6.45, 7) is 1.71. The van der Waals surface area contributed by atoms with Gasteiger partial charge in [0.1, 0.15) is 5.02 Å². The van der Waals surface area contributed by atoms with E-state index in [1.807, 2.05) is 0 Å². The first-order valence-corrected chi connectivity index (χ1v) is 3.93. The van der Waals surface area contributed by atoms with E-state index in [-0.39, 0.29) is 11.8 Å². The molecule has 0 aliphatic rings. The van der Waals surface area contributed by atoms with Crippen LogP contribution < -0.4 is 4.74 Å². The van der Waals surface area contributed by atoms with E-state index in [0.717, 1.165) is 0 Å². The third-order valence-electron chi connectivity index (χ3n) is 1.22. The van der Waals surface area contributed by atoms with Crippen LogP contribution in [0.25, 0.3) is 0 Å². The highest BCUT2D eigenvalue weighted by molar-refractivity contribution is 6.31. The Balaban J connectivity index is 2.75. The molecule has 1 aromatic heterocycles. The van der Waals surface area contributed by atoms with E-state index >= 15 is 0 Å². The summed E-state index contributed by atoms with van der Waals surface area (Å²) in [7, 11) is 0. The fourth-order valence-electron chi connectivity index (χ4n) is 0.626. The van der Waals surface area contributed by atoms with Gasteiger partial charge in [-0.25, -0.2) is 4.98 Å². The Morgan fingerprint density at radius 1 is 1.75 bits per heavy atom. The molecule has 3 nitrogen and oxygen atoms in total. The van der Waals surface area contributed by atoms with Gasteiger partial charge in [-0.05, 0) is 12.1 Å². The lowest BCUT2D eigenvalue weighted by molar-refractivity contribution is -0.134. The van der Waals surface area contributed by atoms with Crippen LogP contribution in [0.15, 0.2) is 18.3 Å². The second-order valence-electron chi connectivity index (χ2n) is 2.12. The molecule has 0 spiro atoms. The van der Waals surface area contributed by atoms with Crippen LogP contribution in [0, 0.1) is 0 Å². The molecule has 64 valence electrons. The maximum atomic E-state index is 10.8. The molecule has 0 fully saturated rings. The maximum Gasteiger partial charge on any atom is 0.312 e. The first-order chi connectivity index (χ1) is 5.74. The van der Waals surface area contributed by atoms with Gasteiger partial charge in [0, 0.05) is 12.6 Å². The van der Waals surface area contributed by atoms with Crippen molar-refractivity contribution in [2.75, 3.05) is 0 Å². The molecule has 0 radical (unpaired) electrons. The topological polar surface area (TPSA) is 39.2 Å². The zero-order valence-electron chi connectivity index (χ0n) is 6.58. The molecular weight excluding hydrogens is 178 g/mol. The van der Waals surface area contributed by atoms with E-state index in [1.54, 1.807) is 19.1 Å². The molecule has 1 aromatic rings. The number of rotatable bonds is 2. The van der Waals surface area contributed by atoms with Crippen LogP contribution >= 0.6 is 11.6 Å². The molecule has 0 aliphatic carbocycles. The molecule has 4 heteroatoms. The number of esters is 1. The van der Waals surface area contributed by atoms with Gasteiger partial charge in [0.15, 0.2) is 0 Å². The molecular formula is C8H8ClNO2. The molecule has 0 amide bonds. The molecule has 12 heavy (non-hydrogen) atoms. The van der Waals surface area contributed by atoms with Gasteiger partial charge in [-0.2, -0.15) is 0 Å². The highest BCUT2D eigenvalue weighted by Gasteiger charge is 2.05. The Bertz CT molecular complexity index is 288. The molecule has 0 atom stereocenters. The van der Waals surface area contributed by atoms with Crippen molar-refractivity contribution in [3.05, 3.63) is 23.4 Å². The lowest BCUT2D eigenvalue weighted by Crippen LogP contribution is -2.06. The minimum atomic E-state index is -0.337. The predicted octanol–water partition coefficient (Wildman–Crippen LogP) is 2.05. The maximum absolute atomic E-state index is 10.8. The van der Waals surface area contributed by atoms with Gasteiger partial charge in [-0.3, -0.25) is 4.79 Å². The summed E-state index contributed by atoms with van der Waals surface area (Å²) in [5.41, 5.74) is 0. The van der Waals surface area contributed by atoms with Crippen LogP contribution in [-0.2, 0) is 4.79 Å². The van der Waals surface area contributed by atoms with Crippen LogP contribution in [0.2, 0.25) is 5.02 Å². The van der Waals surface area contributed by atoms with Crippen molar-refractivity contribution in [3.8, 4) is 5.88 Å². The first-order valence-electron chi connectivity index (χ1n) is 3.55. The van der Waals surface area contributed by atoms with Crippen molar-refractivity contribution >= 4 is 17.6 Å². The van der Waals surface area contributed by atoms with E-state index < -0.39 is 0 Å². The lowest BCUT2D eigenvalue weighted by Gasteiger charge is -2.01. The number of carbonyl (C=O) groups is 1. The normalized spacial score (nSPS) is 9.50. The molecule has 0 unspecified atom stereocenters. The Hall–Kier alpha value is -1.09. The number of aromatic nitrogens is 1.